The number of benzene rings is 1. The number of rotatable bonds is 3. The molecule has 0 saturated carbocycles. The molecule has 0 saturated heterocycles. The summed E-state index contributed by atoms with van der Waals surface area (Å²) < 4.78 is 10.5. The topological polar surface area (TPSA) is 55.5 Å². The zero-order chi connectivity index (χ0) is 9.97. The predicted octanol–water partition coefficient (Wildman–Crippen LogP) is 1.37. The number of nitrogens with zero attached hydrogens (tertiary/aromatic N) is 1. The lowest BCUT2D eigenvalue weighted by Crippen LogP contribution is -1.89. The third kappa shape index (κ3) is 1.44. The summed E-state index contributed by atoms with van der Waals surface area (Å²) in [6.07, 6.45) is 0.428. The highest BCUT2D eigenvalue weighted by Gasteiger charge is 2.08. The van der Waals surface area contributed by atoms with Gasteiger partial charge in [0.05, 0.1) is 13.7 Å². The predicted molar refractivity (Wildman–Crippen MR) is 51.4 cm³/mol. The lowest BCUT2D eigenvalue weighted by atomic mass is 10.3. The molecule has 0 radical (unpaired) electrons. The fourth-order valence-corrected chi connectivity index (χ4v) is 1.34. The summed E-state index contributed by atoms with van der Waals surface area (Å²) in [5.74, 6) is 1.22. The van der Waals surface area contributed by atoms with E-state index in [4.69, 9.17) is 14.3 Å². The van der Waals surface area contributed by atoms with Gasteiger partial charge in [0.1, 0.15) is 5.75 Å². The molecule has 2 aromatic rings. The lowest BCUT2D eigenvalue weighted by molar-refractivity contribution is 0.287. The van der Waals surface area contributed by atoms with Crippen LogP contribution in [-0.4, -0.2) is 23.8 Å². The van der Waals surface area contributed by atoms with E-state index >= 15 is 0 Å². The molecule has 1 aromatic heterocycles. The van der Waals surface area contributed by atoms with Crippen molar-refractivity contribution in [3.8, 4) is 5.75 Å². The number of hydrogen-bond donors (Lipinski definition) is 1. The first-order valence-corrected chi connectivity index (χ1v) is 4.38. The highest BCUT2D eigenvalue weighted by molar-refractivity contribution is 5.79. The van der Waals surface area contributed by atoms with Gasteiger partial charge in [-0.05, 0) is 12.1 Å². The Kier molecular flexibility index (Phi) is 2.37. The monoisotopic (exact) mass is 193 g/mol. The van der Waals surface area contributed by atoms with Gasteiger partial charge in [-0.1, -0.05) is 6.07 Å². The minimum Gasteiger partial charge on any atom is -0.494 e. The van der Waals surface area contributed by atoms with E-state index in [-0.39, 0.29) is 6.61 Å². The molecule has 14 heavy (non-hydrogen) atoms. The van der Waals surface area contributed by atoms with Gasteiger partial charge in [-0.15, -0.1) is 0 Å². The van der Waals surface area contributed by atoms with Crippen LogP contribution in [0, 0.1) is 0 Å². The molecular weight excluding hydrogens is 182 g/mol. The normalized spacial score (nSPS) is 10.7. The van der Waals surface area contributed by atoms with E-state index in [1.807, 2.05) is 18.2 Å². The summed E-state index contributed by atoms with van der Waals surface area (Å²) in [6.45, 7) is 0.0368. The zero-order valence-corrected chi connectivity index (χ0v) is 7.86. The van der Waals surface area contributed by atoms with Crippen LogP contribution in [0.25, 0.3) is 11.1 Å². The molecule has 74 valence electrons. The maximum atomic E-state index is 8.74. The summed E-state index contributed by atoms with van der Waals surface area (Å²) in [5.41, 5.74) is 1.39. The van der Waals surface area contributed by atoms with Crippen molar-refractivity contribution < 1.29 is 14.3 Å². The molecule has 4 nitrogen and oxygen atoms in total. The highest BCUT2D eigenvalue weighted by atomic mass is 16.5. The van der Waals surface area contributed by atoms with Crippen molar-refractivity contribution in [2.45, 2.75) is 6.42 Å². The second kappa shape index (κ2) is 3.67. The lowest BCUT2D eigenvalue weighted by Gasteiger charge is -1.96. The van der Waals surface area contributed by atoms with Crippen LogP contribution in [0.1, 0.15) is 5.89 Å². The maximum absolute atomic E-state index is 8.74. The number of ether oxygens (including phenoxy) is 1. The van der Waals surface area contributed by atoms with Crippen molar-refractivity contribution in [3.63, 3.8) is 0 Å². The van der Waals surface area contributed by atoms with Gasteiger partial charge >= 0.3 is 0 Å². The van der Waals surface area contributed by atoms with Gasteiger partial charge in [0.15, 0.2) is 17.0 Å². The molecule has 4 heteroatoms. The SMILES string of the molecule is COc1cccc2oc(CCO)nc12. The summed E-state index contributed by atoms with van der Waals surface area (Å²) in [5, 5.41) is 8.74. The molecule has 0 amide bonds. The van der Waals surface area contributed by atoms with E-state index < -0.39 is 0 Å². The first kappa shape index (κ1) is 9.02. The Morgan fingerprint density at radius 1 is 1.50 bits per heavy atom. The first-order valence-electron chi connectivity index (χ1n) is 4.38. The number of para-hydroxylation sites is 1. The van der Waals surface area contributed by atoms with E-state index in [2.05, 4.69) is 4.98 Å². The fraction of sp³-hybridized carbons (Fsp3) is 0.300. The Labute approximate surface area is 81.1 Å². The minimum absolute atomic E-state index is 0.0368. The minimum atomic E-state index is 0.0368. The second-order valence-electron chi connectivity index (χ2n) is 2.89. The van der Waals surface area contributed by atoms with Gasteiger partial charge in [0.25, 0.3) is 0 Å². The van der Waals surface area contributed by atoms with Gasteiger partial charge in [0, 0.05) is 6.42 Å². The third-order valence-electron chi connectivity index (χ3n) is 1.97. The Morgan fingerprint density at radius 2 is 2.36 bits per heavy atom. The highest BCUT2D eigenvalue weighted by Crippen LogP contribution is 2.25. The molecule has 0 atom stereocenters. The smallest absolute Gasteiger partial charge is 0.197 e. The van der Waals surface area contributed by atoms with Crippen molar-refractivity contribution in [1.82, 2.24) is 4.98 Å². The quantitative estimate of drug-likeness (QED) is 0.799. The number of hydrogen-bond acceptors (Lipinski definition) is 4. The van der Waals surface area contributed by atoms with E-state index in [0.29, 0.717) is 29.2 Å². The molecule has 0 aliphatic carbocycles. The van der Waals surface area contributed by atoms with Crippen LogP contribution in [0.2, 0.25) is 0 Å². The Balaban J connectivity index is 2.52. The summed E-state index contributed by atoms with van der Waals surface area (Å²) in [6, 6.07) is 5.49. The standard InChI is InChI=1S/C10H11NO3/c1-13-7-3-2-4-8-10(7)11-9(14-8)5-6-12/h2-4,12H,5-6H2,1H3. The number of methoxy groups -OCH3 is 1. The molecule has 1 heterocycles. The number of aromatic nitrogens is 1. The summed E-state index contributed by atoms with van der Waals surface area (Å²) >= 11 is 0. The van der Waals surface area contributed by atoms with Crippen molar-refractivity contribution >= 4 is 11.1 Å². The number of fused-ring (bicyclic) bond motifs is 1. The van der Waals surface area contributed by atoms with Gasteiger partial charge in [-0.25, -0.2) is 4.98 Å². The number of aliphatic hydroxyl groups is 1. The zero-order valence-electron chi connectivity index (χ0n) is 7.86. The molecule has 0 aliphatic rings. The Hall–Kier alpha value is -1.55. The van der Waals surface area contributed by atoms with Crippen molar-refractivity contribution in [1.29, 1.82) is 0 Å². The Morgan fingerprint density at radius 3 is 3.07 bits per heavy atom. The number of aliphatic hydroxyl groups excluding tert-OH is 1. The van der Waals surface area contributed by atoms with Gasteiger partial charge in [-0.2, -0.15) is 0 Å². The molecule has 0 unspecified atom stereocenters. The third-order valence-corrected chi connectivity index (χ3v) is 1.97. The molecule has 2 rings (SSSR count). The number of oxazole rings is 1. The average molecular weight is 193 g/mol. The molecule has 1 aromatic carbocycles. The van der Waals surface area contributed by atoms with Crippen molar-refractivity contribution in [3.05, 3.63) is 24.1 Å². The van der Waals surface area contributed by atoms with Crippen LogP contribution < -0.4 is 4.74 Å². The van der Waals surface area contributed by atoms with Crippen LogP contribution in [0.15, 0.2) is 22.6 Å². The Bertz CT molecular complexity index is 436. The molecular formula is C10H11NO3. The molecule has 0 spiro atoms. The molecule has 0 bridgehead atoms. The van der Waals surface area contributed by atoms with Gasteiger partial charge in [-0.3, -0.25) is 0 Å². The molecule has 0 aliphatic heterocycles. The van der Waals surface area contributed by atoms with E-state index in [1.54, 1.807) is 7.11 Å². The van der Waals surface area contributed by atoms with Gasteiger partial charge in [0.2, 0.25) is 0 Å². The van der Waals surface area contributed by atoms with E-state index in [9.17, 15) is 0 Å². The fourth-order valence-electron chi connectivity index (χ4n) is 1.34. The van der Waals surface area contributed by atoms with Crippen LogP contribution in [-0.2, 0) is 6.42 Å². The van der Waals surface area contributed by atoms with Crippen LogP contribution in [0.3, 0.4) is 0 Å². The van der Waals surface area contributed by atoms with E-state index in [0.717, 1.165) is 0 Å². The second-order valence-corrected chi connectivity index (χ2v) is 2.89. The van der Waals surface area contributed by atoms with Crippen LogP contribution in [0.5, 0.6) is 5.75 Å². The van der Waals surface area contributed by atoms with Crippen LogP contribution >= 0.6 is 0 Å². The summed E-state index contributed by atoms with van der Waals surface area (Å²) in [4.78, 5) is 4.22. The molecule has 1 N–H and O–H groups in total. The van der Waals surface area contributed by atoms with Crippen molar-refractivity contribution in [2.24, 2.45) is 0 Å². The maximum Gasteiger partial charge on any atom is 0.197 e. The van der Waals surface area contributed by atoms with Gasteiger partial charge < -0.3 is 14.3 Å². The van der Waals surface area contributed by atoms with Crippen LogP contribution in [0.4, 0.5) is 0 Å². The summed E-state index contributed by atoms with van der Waals surface area (Å²) in [7, 11) is 1.59. The molecule has 0 fully saturated rings. The largest absolute Gasteiger partial charge is 0.494 e. The first-order chi connectivity index (χ1) is 6.85. The van der Waals surface area contributed by atoms with Crippen molar-refractivity contribution in [2.75, 3.05) is 13.7 Å². The van der Waals surface area contributed by atoms with E-state index in [1.165, 1.54) is 0 Å². The average Bonchev–Trinajstić information content (AvgIpc) is 2.60.